The van der Waals surface area contributed by atoms with Crippen LogP contribution in [0.5, 0.6) is 0 Å². The molecule has 6 nitrogen and oxygen atoms in total. The number of aromatic nitrogens is 2. The summed E-state index contributed by atoms with van der Waals surface area (Å²) in [5.74, 6) is -4.41. The second-order valence-electron chi connectivity index (χ2n) is 9.01. The summed E-state index contributed by atoms with van der Waals surface area (Å²) in [6.07, 6.45) is -1.23. The summed E-state index contributed by atoms with van der Waals surface area (Å²) in [6, 6.07) is 5.47. The molecule has 0 N–H and O–H groups in total. The van der Waals surface area contributed by atoms with Crippen molar-refractivity contribution >= 4 is 68.6 Å². The van der Waals surface area contributed by atoms with Gasteiger partial charge in [0.05, 0.1) is 0 Å². The lowest BCUT2D eigenvalue weighted by Crippen LogP contribution is -2.44. The zero-order chi connectivity index (χ0) is 26.9. The molecule has 0 atom stereocenters. The molecule has 0 saturated heterocycles. The van der Waals surface area contributed by atoms with Gasteiger partial charge in [-0.2, -0.15) is 4.99 Å². The van der Waals surface area contributed by atoms with Gasteiger partial charge in [0.25, 0.3) is 0 Å². The molecule has 188 valence electrons. The lowest BCUT2D eigenvalue weighted by atomic mass is 10.1. The summed E-state index contributed by atoms with van der Waals surface area (Å²) in [5, 5.41) is 0.560. The van der Waals surface area contributed by atoms with E-state index < -0.39 is 41.3 Å². The third-order valence-electron chi connectivity index (χ3n) is 6.90. The predicted molar refractivity (Wildman–Crippen MR) is 132 cm³/mol. The Bertz CT molecular complexity index is 2260. The fraction of sp³-hybridized carbons (Fsp3) is 0. The highest BCUT2D eigenvalue weighted by Crippen LogP contribution is 2.42. The van der Waals surface area contributed by atoms with Crippen LogP contribution in [0.1, 0.15) is 11.1 Å². The van der Waals surface area contributed by atoms with E-state index in [1.165, 1.54) is 8.96 Å². The van der Waals surface area contributed by atoms with Crippen molar-refractivity contribution in [1.29, 1.82) is 0 Å². The first-order chi connectivity index (χ1) is 18.7. The van der Waals surface area contributed by atoms with E-state index in [9.17, 15) is 26.3 Å². The van der Waals surface area contributed by atoms with Crippen molar-refractivity contribution in [2.45, 2.75) is 0 Å². The maximum absolute atomic E-state index is 14.4. The molecule has 3 aliphatic rings. The summed E-state index contributed by atoms with van der Waals surface area (Å²) in [4.78, 5) is 17.6. The van der Waals surface area contributed by atoms with Gasteiger partial charge in [-0.1, -0.05) is 0 Å². The molecule has 2 aromatic heterocycles. The Morgan fingerprint density at radius 2 is 1.10 bits per heavy atom. The number of hydrogen-bond acceptors (Lipinski definition) is 4. The number of fused-ring (bicyclic) bond motifs is 10. The number of nitrogens with zero attached hydrogens (tertiary/aromatic N) is 6. The summed E-state index contributed by atoms with van der Waals surface area (Å²) in [5.41, 5.74) is 0.246. The number of hydrogen-bond donors (Lipinski definition) is 0. The Balaban J connectivity index is 1.65. The summed E-state index contributed by atoms with van der Waals surface area (Å²) < 4.78 is 88.8. The Labute approximate surface area is 217 Å². The molecule has 14 heteroatoms. The van der Waals surface area contributed by atoms with Gasteiger partial charge in [-0.3, -0.25) is 0 Å². The number of amidine groups is 2. The standard InChI is InChI=1S/C25H6BClF6N6/c27-26-38-20-7-34-21-9-2-15(29)16(30)3-10(9)22(35-21)36-23-12-5-18(32)19(33)6-13(12)25(39(23)26)37-24(38)11-4-17(31)14(28)1-8(11)20/h1-6H. The molecular formula is C25H6BClF6N6. The smallest absolute Gasteiger partial charge is 0.327 e. The van der Waals surface area contributed by atoms with E-state index >= 15 is 0 Å². The molecule has 3 aromatic carbocycles. The first-order valence-corrected chi connectivity index (χ1v) is 11.7. The van der Waals surface area contributed by atoms with E-state index in [4.69, 9.17) is 11.5 Å². The van der Waals surface area contributed by atoms with E-state index in [0.29, 0.717) is 0 Å². The lowest BCUT2D eigenvalue weighted by molar-refractivity contribution is 0.508. The molecule has 0 radical (unpaired) electrons. The zero-order valence-electron chi connectivity index (χ0n) is 18.9. The van der Waals surface area contributed by atoms with Crippen LogP contribution < -0.4 is 10.8 Å². The van der Waals surface area contributed by atoms with Gasteiger partial charge in [0.1, 0.15) is 22.5 Å². The van der Waals surface area contributed by atoms with Crippen molar-refractivity contribution in [2.24, 2.45) is 20.0 Å². The monoisotopic (exact) mass is 550 g/mol. The Hall–Kier alpha value is -4.61. The maximum atomic E-state index is 14.4. The molecule has 3 aliphatic heterocycles. The van der Waals surface area contributed by atoms with Gasteiger partial charge in [-0.05, 0) is 36.4 Å². The lowest BCUT2D eigenvalue weighted by Gasteiger charge is -2.18. The summed E-state index contributed by atoms with van der Waals surface area (Å²) >= 11 is 6.92. The Morgan fingerprint density at radius 3 is 1.74 bits per heavy atom. The van der Waals surface area contributed by atoms with Crippen LogP contribution in [0.25, 0.3) is 21.5 Å². The van der Waals surface area contributed by atoms with Crippen LogP contribution in [0.3, 0.4) is 0 Å². The maximum Gasteiger partial charge on any atom is 0.499 e. The van der Waals surface area contributed by atoms with Gasteiger partial charge < -0.3 is 8.96 Å². The van der Waals surface area contributed by atoms with E-state index in [1.807, 2.05) is 0 Å². The average Bonchev–Trinajstić information content (AvgIpc) is 3.48. The fourth-order valence-corrected chi connectivity index (χ4v) is 5.54. The highest BCUT2D eigenvalue weighted by Gasteiger charge is 2.35. The van der Waals surface area contributed by atoms with Gasteiger partial charge in [-0.25, -0.2) is 41.3 Å². The van der Waals surface area contributed by atoms with Crippen LogP contribution in [-0.4, -0.2) is 32.9 Å². The number of halogens is 7. The van der Waals surface area contributed by atoms with Crippen molar-refractivity contribution in [3.8, 4) is 0 Å². The zero-order valence-corrected chi connectivity index (χ0v) is 19.6. The molecule has 0 fully saturated rings. The molecular weight excluding hydrogens is 545 g/mol. The highest BCUT2D eigenvalue weighted by molar-refractivity contribution is 7.05. The predicted octanol–water partition coefficient (Wildman–Crippen LogP) is 4.51. The molecule has 0 spiro atoms. The van der Waals surface area contributed by atoms with Crippen LogP contribution in [0, 0.1) is 34.9 Å². The van der Waals surface area contributed by atoms with Crippen molar-refractivity contribution in [3.05, 3.63) is 93.3 Å². The molecule has 8 rings (SSSR count). The van der Waals surface area contributed by atoms with Gasteiger partial charge in [0.15, 0.2) is 46.6 Å². The van der Waals surface area contributed by atoms with E-state index in [1.54, 1.807) is 0 Å². The van der Waals surface area contributed by atoms with Gasteiger partial charge >= 0.3 is 6.40 Å². The Morgan fingerprint density at radius 1 is 0.590 bits per heavy atom. The van der Waals surface area contributed by atoms with Gasteiger partial charge in [-0.15, -0.1) is 11.5 Å². The first kappa shape index (κ1) is 22.4. The molecule has 5 aromatic rings. The topological polar surface area (TPSA) is 59.3 Å². The van der Waals surface area contributed by atoms with Crippen LogP contribution in [0.15, 0.2) is 56.4 Å². The van der Waals surface area contributed by atoms with Crippen molar-refractivity contribution in [1.82, 2.24) is 8.96 Å². The minimum absolute atomic E-state index is 0.0213. The van der Waals surface area contributed by atoms with Crippen molar-refractivity contribution in [3.63, 3.8) is 0 Å². The second-order valence-corrected chi connectivity index (χ2v) is 9.40. The van der Waals surface area contributed by atoms with Gasteiger partial charge in [0, 0.05) is 38.5 Å². The van der Waals surface area contributed by atoms with E-state index in [0.717, 1.165) is 36.4 Å². The molecule has 4 bridgehead atoms. The number of aliphatic imine (C=N–C) groups is 3. The van der Waals surface area contributed by atoms with Crippen molar-refractivity contribution in [2.75, 3.05) is 0 Å². The molecule has 0 amide bonds. The third-order valence-corrected chi connectivity index (χ3v) is 7.29. The molecule has 0 aliphatic carbocycles. The van der Waals surface area contributed by atoms with Gasteiger partial charge in [0.2, 0.25) is 0 Å². The molecule has 0 unspecified atom stereocenters. The number of rotatable bonds is 0. The number of benzene rings is 3. The highest BCUT2D eigenvalue weighted by atomic mass is 35.5. The summed E-state index contributed by atoms with van der Waals surface area (Å²) in [6.45, 7) is 0. The van der Waals surface area contributed by atoms with E-state index in [2.05, 4.69) is 25.8 Å². The molecule has 5 heterocycles. The van der Waals surface area contributed by atoms with Crippen molar-refractivity contribution < 1.29 is 26.3 Å². The summed E-state index contributed by atoms with van der Waals surface area (Å²) in [7, 11) is 0. The van der Waals surface area contributed by atoms with Crippen LogP contribution in [0.4, 0.5) is 38.0 Å². The fourth-order valence-electron chi connectivity index (χ4n) is 5.17. The van der Waals surface area contributed by atoms with Crippen LogP contribution >= 0.6 is 11.5 Å². The van der Waals surface area contributed by atoms with Crippen LogP contribution in [-0.2, 0) is 0 Å². The Kier molecular flexibility index (Phi) is 4.18. The largest absolute Gasteiger partial charge is 0.499 e. The molecule has 39 heavy (non-hydrogen) atoms. The quantitative estimate of drug-likeness (QED) is 0.201. The normalized spacial score (nSPS) is 14.7. The average molecular weight is 551 g/mol. The third kappa shape index (κ3) is 2.80. The molecule has 0 saturated carbocycles. The second kappa shape index (κ2) is 7.28. The minimum Gasteiger partial charge on any atom is -0.327 e. The minimum atomic E-state index is -1.23. The van der Waals surface area contributed by atoms with Crippen LogP contribution in [0.2, 0.25) is 0 Å². The SMILES string of the molecule is Fc1cc2c(cc1F)C1=Nc3c4cc(F)c(F)cc4c4n3B(Cl)n3c(c5cc(F)c(F)cc5c3=N4)=C=NC2=N1. The van der Waals surface area contributed by atoms with E-state index in [-0.39, 0.29) is 66.8 Å². The first-order valence-electron chi connectivity index (χ1n) is 11.3.